The van der Waals surface area contributed by atoms with Crippen molar-refractivity contribution < 1.29 is 0 Å². The van der Waals surface area contributed by atoms with Crippen LogP contribution < -0.4 is 5.32 Å². The average molecular weight is 288 g/mol. The first-order valence-corrected chi connectivity index (χ1v) is 8.29. The van der Waals surface area contributed by atoms with Gasteiger partial charge in [0.1, 0.15) is 17.3 Å². The molecule has 1 N–H and O–H groups in total. The van der Waals surface area contributed by atoms with Crippen molar-refractivity contribution in [1.82, 2.24) is 9.97 Å². The topological polar surface area (TPSA) is 37.8 Å². The smallest absolute Gasteiger partial charge is 0.137 e. The quantitative estimate of drug-likeness (QED) is 0.550. The van der Waals surface area contributed by atoms with Gasteiger partial charge in [0.25, 0.3) is 0 Å². The van der Waals surface area contributed by atoms with Gasteiger partial charge in [-0.05, 0) is 31.3 Å². The van der Waals surface area contributed by atoms with Crippen molar-refractivity contribution in [3.8, 4) is 0 Å². The number of thioether (sulfide) groups is 1. The maximum absolute atomic E-state index is 6.10. The van der Waals surface area contributed by atoms with Crippen molar-refractivity contribution in [3.05, 3.63) is 17.0 Å². The van der Waals surface area contributed by atoms with Crippen LogP contribution in [0.15, 0.2) is 6.33 Å². The molecule has 0 aliphatic rings. The van der Waals surface area contributed by atoms with Crippen LogP contribution >= 0.6 is 23.4 Å². The Balaban J connectivity index is 2.39. The molecule has 1 aromatic heterocycles. The van der Waals surface area contributed by atoms with Gasteiger partial charge >= 0.3 is 0 Å². The van der Waals surface area contributed by atoms with E-state index in [2.05, 4.69) is 28.5 Å². The Morgan fingerprint density at radius 3 is 2.83 bits per heavy atom. The van der Waals surface area contributed by atoms with Crippen LogP contribution in [0.1, 0.15) is 38.2 Å². The van der Waals surface area contributed by atoms with Crippen LogP contribution in [0.3, 0.4) is 0 Å². The van der Waals surface area contributed by atoms with E-state index >= 15 is 0 Å². The first-order chi connectivity index (χ1) is 8.79. The summed E-state index contributed by atoms with van der Waals surface area (Å²) in [5.41, 5.74) is 1.05. The van der Waals surface area contributed by atoms with E-state index in [1.807, 2.05) is 11.8 Å². The average Bonchev–Trinajstić information content (AvgIpc) is 2.37. The first kappa shape index (κ1) is 15.6. The maximum atomic E-state index is 6.10. The van der Waals surface area contributed by atoms with Gasteiger partial charge in [-0.3, -0.25) is 0 Å². The highest BCUT2D eigenvalue weighted by atomic mass is 35.5. The Morgan fingerprint density at radius 1 is 1.28 bits per heavy atom. The van der Waals surface area contributed by atoms with Gasteiger partial charge in [-0.1, -0.05) is 31.4 Å². The van der Waals surface area contributed by atoms with Gasteiger partial charge in [0.2, 0.25) is 0 Å². The molecule has 102 valence electrons. The molecule has 3 nitrogen and oxygen atoms in total. The predicted molar refractivity (Wildman–Crippen MR) is 81.8 cm³/mol. The Hall–Kier alpha value is -0.480. The molecule has 0 radical (unpaired) electrons. The van der Waals surface area contributed by atoms with Crippen molar-refractivity contribution in [2.75, 3.05) is 23.9 Å². The number of rotatable bonds is 9. The lowest BCUT2D eigenvalue weighted by molar-refractivity contribution is 0.746. The highest BCUT2D eigenvalue weighted by Gasteiger charge is 2.08. The van der Waals surface area contributed by atoms with Crippen molar-refractivity contribution >= 4 is 29.2 Å². The van der Waals surface area contributed by atoms with Crippen molar-refractivity contribution in [3.63, 3.8) is 0 Å². The minimum absolute atomic E-state index is 0.580. The summed E-state index contributed by atoms with van der Waals surface area (Å²) in [6, 6.07) is 0. The first-order valence-electron chi connectivity index (χ1n) is 6.51. The fourth-order valence-electron chi connectivity index (χ4n) is 1.77. The monoisotopic (exact) mass is 287 g/mol. The SMILES string of the molecule is CCCc1c(Cl)ncnc1NCCCCCSC. The number of hydrogen-bond acceptors (Lipinski definition) is 4. The van der Waals surface area contributed by atoms with E-state index in [4.69, 9.17) is 11.6 Å². The van der Waals surface area contributed by atoms with Crippen LogP contribution in [0.2, 0.25) is 5.15 Å². The van der Waals surface area contributed by atoms with E-state index in [1.54, 1.807) is 0 Å². The number of nitrogens with one attached hydrogen (secondary N) is 1. The summed E-state index contributed by atoms with van der Waals surface area (Å²) >= 11 is 8.00. The van der Waals surface area contributed by atoms with Gasteiger partial charge in [-0.2, -0.15) is 11.8 Å². The lowest BCUT2D eigenvalue weighted by Crippen LogP contribution is -2.07. The molecule has 0 atom stereocenters. The summed E-state index contributed by atoms with van der Waals surface area (Å²) in [6.45, 7) is 3.09. The molecule has 1 heterocycles. The zero-order chi connectivity index (χ0) is 13.2. The molecule has 0 saturated heterocycles. The van der Waals surface area contributed by atoms with E-state index < -0.39 is 0 Å². The van der Waals surface area contributed by atoms with Crippen LogP contribution in [0.4, 0.5) is 5.82 Å². The molecule has 5 heteroatoms. The molecule has 0 aromatic carbocycles. The lowest BCUT2D eigenvalue weighted by Gasteiger charge is -2.11. The van der Waals surface area contributed by atoms with Crippen LogP contribution in [0, 0.1) is 0 Å². The Kier molecular flexibility index (Phi) is 8.18. The molecule has 0 unspecified atom stereocenters. The Morgan fingerprint density at radius 2 is 2.11 bits per heavy atom. The summed E-state index contributed by atoms with van der Waals surface area (Å²) in [6.07, 6.45) is 9.37. The summed E-state index contributed by atoms with van der Waals surface area (Å²) in [7, 11) is 0. The zero-order valence-electron chi connectivity index (χ0n) is 11.2. The van der Waals surface area contributed by atoms with E-state index in [0.717, 1.165) is 30.8 Å². The second-order valence-electron chi connectivity index (χ2n) is 4.22. The van der Waals surface area contributed by atoms with Gasteiger partial charge in [0.05, 0.1) is 0 Å². The second-order valence-corrected chi connectivity index (χ2v) is 5.57. The number of aromatic nitrogens is 2. The minimum Gasteiger partial charge on any atom is -0.370 e. The fourth-order valence-corrected chi connectivity index (χ4v) is 2.49. The third-order valence-corrected chi connectivity index (χ3v) is 3.73. The molecule has 18 heavy (non-hydrogen) atoms. The molecule has 0 bridgehead atoms. The molecular formula is C13H22ClN3S. The number of unbranched alkanes of at least 4 members (excludes halogenated alkanes) is 2. The third-order valence-electron chi connectivity index (χ3n) is 2.71. The number of hydrogen-bond donors (Lipinski definition) is 1. The normalized spacial score (nSPS) is 10.6. The van der Waals surface area contributed by atoms with Crippen LogP contribution in [-0.4, -0.2) is 28.5 Å². The number of nitrogens with zero attached hydrogens (tertiary/aromatic N) is 2. The molecular weight excluding hydrogens is 266 g/mol. The van der Waals surface area contributed by atoms with Crippen LogP contribution in [-0.2, 0) is 6.42 Å². The summed E-state index contributed by atoms with van der Waals surface area (Å²) in [5, 5.41) is 3.95. The highest BCUT2D eigenvalue weighted by Crippen LogP contribution is 2.21. The zero-order valence-corrected chi connectivity index (χ0v) is 12.8. The molecule has 1 aromatic rings. The van der Waals surface area contributed by atoms with Gasteiger partial charge in [-0.15, -0.1) is 0 Å². The summed E-state index contributed by atoms with van der Waals surface area (Å²) in [4.78, 5) is 8.32. The summed E-state index contributed by atoms with van der Waals surface area (Å²) in [5.74, 6) is 2.15. The lowest BCUT2D eigenvalue weighted by atomic mass is 10.2. The molecule has 0 saturated carbocycles. The molecule has 0 fully saturated rings. The van der Waals surface area contributed by atoms with Crippen LogP contribution in [0.5, 0.6) is 0 Å². The fraction of sp³-hybridized carbons (Fsp3) is 0.692. The van der Waals surface area contributed by atoms with Gasteiger partial charge in [-0.25, -0.2) is 9.97 Å². The molecule has 0 spiro atoms. The van der Waals surface area contributed by atoms with E-state index in [-0.39, 0.29) is 0 Å². The third kappa shape index (κ3) is 5.44. The molecule has 0 aliphatic carbocycles. The van der Waals surface area contributed by atoms with Gasteiger partial charge in [0.15, 0.2) is 0 Å². The van der Waals surface area contributed by atoms with Crippen molar-refractivity contribution in [2.24, 2.45) is 0 Å². The second kappa shape index (κ2) is 9.45. The predicted octanol–water partition coefficient (Wildman–Crippen LogP) is 4.03. The largest absolute Gasteiger partial charge is 0.370 e. The van der Waals surface area contributed by atoms with Crippen LogP contribution in [0.25, 0.3) is 0 Å². The van der Waals surface area contributed by atoms with E-state index in [1.165, 1.54) is 31.3 Å². The van der Waals surface area contributed by atoms with E-state index in [9.17, 15) is 0 Å². The van der Waals surface area contributed by atoms with Gasteiger partial charge < -0.3 is 5.32 Å². The standard InChI is InChI=1S/C13H22ClN3S/c1-3-7-11-12(14)16-10-17-13(11)15-8-5-4-6-9-18-2/h10H,3-9H2,1-2H3,(H,15,16,17). The highest BCUT2D eigenvalue weighted by molar-refractivity contribution is 7.98. The molecule has 0 aliphatic heterocycles. The molecule has 0 amide bonds. The van der Waals surface area contributed by atoms with Crippen molar-refractivity contribution in [1.29, 1.82) is 0 Å². The maximum Gasteiger partial charge on any atom is 0.137 e. The van der Waals surface area contributed by atoms with Gasteiger partial charge in [0, 0.05) is 12.1 Å². The number of anilines is 1. The molecule has 1 rings (SSSR count). The number of halogens is 1. The van der Waals surface area contributed by atoms with Crippen molar-refractivity contribution in [2.45, 2.75) is 39.0 Å². The Labute approximate surface area is 119 Å². The van der Waals surface area contributed by atoms with E-state index in [0.29, 0.717) is 5.15 Å². The minimum atomic E-state index is 0.580. The Bertz CT molecular complexity index is 347. The summed E-state index contributed by atoms with van der Waals surface area (Å²) < 4.78 is 0.